The predicted octanol–water partition coefficient (Wildman–Crippen LogP) is 3.00. The van der Waals surface area contributed by atoms with Gasteiger partial charge in [-0.2, -0.15) is 0 Å². The normalized spacial score (nSPS) is 26.8. The van der Waals surface area contributed by atoms with Gasteiger partial charge in [0.25, 0.3) is 5.91 Å². The Kier molecular flexibility index (Phi) is 3.05. The number of rotatable bonds is 2. The van der Waals surface area contributed by atoms with Crippen LogP contribution in [-0.4, -0.2) is 29.6 Å². The smallest absolute Gasteiger partial charge is 0.268 e. The van der Waals surface area contributed by atoms with Crippen LogP contribution in [-0.2, 0) is 4.74 Å². The summed E-state index contributed by atoms with van der Waals surface area (Å²) in [5, 5.41) is 4.34. The molecule has 2 heterocycles. The number of amides is 1. The van der Waals surface area contributed by atoms with E-state index < -0.39 is 0 Å². The molecule has 0 unspecified atom stereocenters. The van der Waals surface area contributed by atoms with E-state index in [4.69, 9.17) is 4.74 Å². The Hall–Kier alpha value is -1.81. The van der Waals surface area contributed by atoms with Gasteiger partial charge in [-0.25, -0.2) is 0 Å². The summed E-state index contributed by atoms with van der Waals surface area (Å²) in [6.45, 7) is 7.03. The summed E-state index contributed by atoms with van der Waals surface area (Å²) in [4.78, 5) is 16.0. The molecule has 0 bridgehead atoms. The summed E-state index contributed by atoms with van der Waals surface area (Å²) in [7, 11) is 0. The Morgan fingerprint density at radius 3 is 2.91 bits per heavy atom. The topological polar surface area (TPSA) is 54.1 Å². The van der Waals surface area contributed by atoms with E-state index in [0.29, 0.717) is 17.7 Å². The molecule has 4 rings (SSSR count). The lowest BCUT2D eigenvalue weighted by Crippen LogP contribution is -2.53. The van der Waals surface area contributed by atoms with E-state index >= 15 is 0 Å². The number of aromatic amines is 1. The van der Waals surface area contributed by atoms with Crippen molar-refractivity contribution in [3.05, 3.63) is 34.5 Å². The zero-order valence-electron chi connectivity index (χ0n) is 13.3. The van der Waals surface area contributed by atoms with E-state index in [2.05, 4.69) is 36.3 Å². The van der Waals surface area contributed by atoms with Crippen molar-refractivity contribution >= 4 is 16.8 Å². The van der Waals surface area contributed by atoms with E-state index in [0.717, 1.165) is 35.9 Å². The fourth-order valence-corrected chi connectivity index (χ4v) is 4.01. The maximum Gasteiger partial charge on any atom is 0.268 e. The molecular weight excluding hydrogens is 276 g/mol. The molecule has 3 atom stereocenters. The Bertz CT molecular complexity index is 762. The largest absolute Gasteiger partial charge is 0.378 e. The third kappa shape index (κ3) is 1.97. The number of nitrogens with one attached hydrogen (secondary N) is 2. The predicted molar refractivity (Wildman–Crippen MR) is 86.2 cm³/mol. The minimum Gasteiger partial charge on any atom is -0.378 e. The second kappa shape index (κ2) is 4.85. The van der Waals surface area contributed by atoms with Gasteiger partial charge in [0.05, 0.1) is 6.10 Å². The first kappa shape index (κ1) is 13.8. The highest BCUT2D eigenvalue weighted by Gasteiger charge is 2.45. The highest BCUT2D eigenvalue weighted by Crippen LogP contribution is 2.38. The summed E-state index contributed by atoms with van der Waals surface area (Å²) in [5.74, 6) is 0.527. The number of hydrogen-bond acceptors (Lipinski definition) is 2. The Balaban J connectivity index is 1.62. The molecule has 1 amide bonds. The quantitative estimate of drug-likeness (QED) is 0.895. The SMILES string of the molecule is Cc1cc(C)c2[nH]c(C(=O)N[C@@H]3C[C@@H]4OCC[C@@H]43)c(C)c2c1. The van der Waals surface area contributed by atoms with Crippen molar-refractivity contribution < 1.29 is 9.53 Å². The molecule has 22 heavy (non-hydrogen) atoms. The molecule has 1 saturated heterocycles. The minimum atomic E-state index is 0.0149. The van der Waals surface area contributed by atoms with Crippen LogP contribution in [0.4, 0.5) is 0 Å². The lowest BCUT2D eigenvalue weighted by Gasteiger charge is -2.39. The van der Waals surface area contributed by atoms with Gasteiger partial charge in [0.15, 0.2) is 0 Å². The molecule has 0 spiro atoms. The first-order valence-corrected chi connectivity index (χ1v) is 8.06. The van der Waals surface area contributed by atoms with Gasteiger partial charge in [-0.3, -0.25) is 4.79 Å². The maximum absolute atomic E-state index is 12.6. The molecule has 1 aromatic carbocycles. The third-order valence-corrected chi connectivity index (χ3v) is 5.32. The molecule has 4 heteroatoms. The molecule has 2 aliphatic rings. The zero-order valence-corrected chi connectivity index (χ0v) is 13.3. The number of ether oxygens (including phenoxy) is 1. The molecule has 116 valence electrons. The van der Waals surface area contributed by atoms with Gasteiger partial charge in [0.1, 0.15) is 5.69 Å². The average molecular weight is 298 g/mol. The molecule has 0 radical (unpaired) electrons. The third-order valence-electron chi connectivity index (χ3n) is 5.32. The second-order valence-electron chi connectivity index (χ2n) is 6.81. The van der Waals surface area contributed by atoms with Crippen LogP contribution in [0.15, 0.2) is 12.1 Å². The van der Waals surface area contributed by atoms with Crippen LogP contribution in [0.1, 0.15) is 40.0 Å². The number of carbonyl (C=O) groups is 1. The number of hydrogen-bond donors (Lipinski definition) is 2. The lowest BCUT2D eigenvalue weighted by molar-refractivity contribution is 0.00803. The van der Waals surface area contributed by atoms with Crippen LogP contribution in [0.3, 0.4) is 0 Å². The van der Waals surface area contributed by atoms with Crippen LogP contribution < -0.4 is 5.32 Å². The van der Waals surface area contributed by atoms with Crippen molar-refractivity contribution in [3.63, 3.8) is 0 Å². The zero-order chi connectivity index (χ0) is 15.4. The standard InChI is InChI=1S/C18H22N2O2/c1-9-6-10(2)16-13(7-9)11(3)17(20-16)18(21)19-14-8-15-12(14)4-5-22-15/h6-7,12,14-15,20H,4-5,8H2,1-3H3,(H,19,21)/t12-,14-,15+/m1/s1. The van der Waals surface area contributed by atoms with E-state index in [9.17, 15) is 4.79 Å². The van der Waals surface area contributed by atoms with Crippen LogP contribution in [0.2, 0.25) is 0 Å². The Labute approximate surface area is 130 Å². The summed E-state index contributed by atoms with van der Waals surface area (Å²) in [6, 6.07) is 4.57. The Morgan fingerprint density at radius 2 is 2.14 bits per heavy atom. The minimum absolute atomic E-state index is 0.0149. The van der Waals surface area contributed by atoms with Gasteiger partial charge in [0, 0.05) is 29.5 Å². The molecule has 1 aromatic heterocycles. The van der Waals surface area contributed by atoms with Crippen molar-refractivity contribution in [2.75, 3.05) is 6.61 Å². The molecule has 2 aromatic rings. The van der Waals surface area contributed by atoms with Gasteiger partial charge < -0.3 is 15.0 Å². The maximum atomic E-state index is 12.6. The molecule has 1 saturated carbocycles. The van der Waals surface area contributed by atoms with Crippen LogP contribution in [0.5, 0.6) is 0 Å². The molecule has 1 aliphatic carbocycles. The number of carbonyl (C=O) groups excluding carboxylic acids is 1. The average Bonchev–Trinajstić information content (AvgIpc) is 2.98. The van der Waals surface area contributed by atoms with Crippen molar-refractivity contribution in [1.29, 1.82) is 0 Å². The number of aromatic nitrogens is 1. The monoisotopic (exact) mass is 298 g/mol. The highest BCUT2D eigenvalue weighted by molar-refractivity contribution is 6.01. The number of benzene rings is 1. The first-order valence-electron chi connectivity index (χ1n) is 8.06. The molecule has 2 fully saturated rings. The van der Waals surface area contributed by atoms with Crippen LogP contribution in [0, 0.1) is 26.7 Å². The summed E-state index contributed by atoms with van der Waals surface area (Å²) < 4.78 is 5.61. The van der Waals surface area contributed by atoms with Crippen LogP contribution >= 0.6 is 0 Å². The van der Waals surface area contributed by atoms with Gasteiger partial charge in [-0.05, 0) is 50.8 Å². The van der Waals surface area contributed by atoms with Crippen molar-refractivity contribution in [2.45, 2.75) is 45.8 Å². The van der Waals surface area contributed by atoms with E-state index in [1.54, 1.807) is 0 Å². The first-order chi connectivity index (χ1) is 10.5. The summed E-state index contributed by atoms with van der Waals surface area (Å²) in [5.41, 5.74) is 5.22. The van der Waals surface area contributed by atoms with E-state index in [1.165, 1.54) is 11.1 Å². The van der Waals surface area contributed by atoms with E-state index in [1.807, 2.05) is 6.92 Å². The molecule has 2 N–H and O–H groups in total. The molecule has 4 nitrogen and oxygen atoms in total. The van der Waals surface area contributed by atoms with Gasteiger partial charge >= 0.3 is 0 Å². The number of H-pyrrole nitrogens is 1. The second-order valence-corrected chi connectivity index (χ2v) is 6.81. The van der Waals surface area contributed by atoms with Gasteiger partial charge in [-0.1, -0.05) is 11.6 Å². The summed E-state index contributed by atoms with van der Waals surface area (Å²) >= 11 is 0. The van der Waals surface area contributed by atoms with Gasteiger partial charge in [-0.15, -0.1) is 0 Å². The number of fused-ring (bicyclic) bond motifs is 2. The molecule has 1 aliphatic heterocycles. The van der Waals surface area contributed by atoms with E-state index in [-0.39, 0.29) is 11.9 Å². The van der Waals surface area contributed by atoms with Gasteiger partial charge in [0.2, 0.25) is 0 Å². The fourth-order valence-electron chi connectivity index (χ4n) is 4.01. The Morgan fingerprint density at radius 1 is 1.32 bits per heavy atom. The number of aryl methyl sites for hydroxylation is 3. The lowest BCUT2D eigenvalue weighted by atomic mass is 9.76. The highest BCUT2D eigenvalue weighted by atomic mass is 16.5. The van der Waals surface area contributed by atoms with Crippen LogP contribution in [0.25, 0.3) is 10.9 Å². The van der Waals surface area contributed by atoms with Crippen molar-refractivity contribution in [2.24, 2.45) is 5.92 Å². The van der Waals surface area contributed by atoms with Crippen molar-refractivity contribution in [1.82, 2.24) is 10.3 Å². The summed E-state index contributed by atoms with van der Waals surface area (Å²) in [6.07, 6.45) is 2.40. The fraction of sp³-hybridized carbons (Fsp3) is 0.500. The molecular formula is C18H22N2O2. The van der Waals surface area contributed by atoms with Crippen molar-refractivity contribution in [3.8, 4) is 0 Å².